The first-order valence-electron chi connectivity index (χ1n) is 7.12. The molecule has 20 heavy (non-hydrogen) atoms. The summed E-state index contributed by atoms with van der Waals surface area (Å²) in [7, 11) is 0. The molecule has 0 bridgehead atoms. The lowest BCUT2D eigenvalue weighted by Gasteiger charge is -2.30. The van der Waals surface area contributed by atoms with Crippen molar-refractivity contribution < 1.29 is 14.3 Å². The van der Waals surface area contributed by atoms with Gasteiger partial charge in [-0.3, -0.25) is 4.79 Å². The highest BCUT2D eigenvalue weighted by molar-refractivity contribution is 5.83. The van der Waals surface area contributed by atoms with Crippen LogP contribution in [-0.4, -0.2) is 24.2 Å². The molecule has 0 saturated heterocycles. The van der Waals surface area contributed by atoms with Crippen molar-refractivity contribution in [2.75, 3.05) is 13.2 Å². The van der Waals surface area contributed by atoms with Gasteiger partial charge in [0.15, 0.2) is 0 Å². The molecule has 2 N–H and O–H groups in total. The number of carbonyl (C=O) groups excluding carboxylic acids is 1. The molecule has 112 valence electrons. The molecular formula is C16H24FNO2. The van der Waals surface area contributed by atoms with Crippen LogP contribution in [0.5, 0.6) is 0 Å². The molecule has 4 heteroatoms. The van der Waals surface area contributed by atoms with Crippen molar-refractivity contribution in [3.05, 3.63) is 35.6 Å². The number of rotatable bonds is 7. The first-order valence-corrected chi connectivity index (χ1v) is 7.12. The molecule has 0 aliphatic carbocycles. The highest BCUT2D eigenvalue weighted by Crippen LogP contribution is 2.25. The fourth-order valence-corrected chi connectivity index (χ4v) is 2.13. The largest absolute Gasteiger partial charge is 0.396 e. The smallest absolute Gasteiger partial charge is 0.227 e. The lowest BCUT2D eigenvalue weighted by molar-refractivity contribution is -0.122. The van der Waals surface area contributed by atoms with Crippen LogP contribution in [0.1, 0.15) is 45.1 Å². The van der Waals surface area contributed by atoms with E-state index < -0.39 is 5.92 Å². The molecule has 3 nitrogen and oxygen atoms in total. The van der Waals surface area contributed by atoms with E-state index in [1.165, 1.54) is 12.1 Å². The Morgan fingerprint density at radius 1 is 1.40 bits per heavy atom. The number of aliphatic hydroxyl groups excluding tert-OH is 1. The Morgan fingerprint density at radius 2 is 2.05 bits per heavy atom. The van der Waals surface area contributed by atoms with E-state index in [1.54, 1.807) is 19.1 Å². The van der Waals surface area contributed by atoms with Gasteiger partial charge in [-0.05, 0) is 37.5 Å². The predicted molar refractivity (Wildman–Crippen MR) is 77.9 cm³/mol. The Labute approximate surface area is 120 Å². The van der Waals surface area contributed by atoms with Gasteiger partial charge in [-0.25, -0.2) is 4.39 Å². The van der Waals surface area contributed by atoms with E-state index in [4.69, 9.17) is 0 Å². The molecule has 1 aromatic rings. The molecule has 0 aliphatic heterocycles. The van der Waals surface area contributed by atoms with Crippen molar-refractivity contribution >= 4 is 5.91 Å². The third kappa shape index (κ3) is 4.04. The molecule has 1 atom stereocenters. The minimum atomic E-state index is -0.407. The topological polar surface area (TPSA) is 49.3 Å². The van der Waals surface area contributed by atoms with Gasteiger partial charge in [-0.1, -0.05) is 26.0 Å². The molecule has 1 amide bonds. The van der Waals surface area contributed by atoms with E-state index in [-0.39, 0.29) is 23.7 Å². The fourth-order valence-electron chi connectivity index (χ4n) is 2.13. The number of aliphatic hydroxyl groups is 1. The van der Waals surface area contributed by atoms with Crippen molar-refractivity contribution in [2.24, 2.45) is 5.41 Å². The van der Waals surface area contributed by atoms with E-state index in [0.717, 1.165) is 12.8 Å². The zero-order valence-corrected chi connectivity index (χ0v) is 12.4. The Hall–Kier alpha value is -1.42. The zero-order valence-electron chi connectivity index (χ0n) is 12.4. The van der Waals surface area contributed by atoms with Gasteiger partial charge in [0.25, 0.3) is 0 Å². The van der Waals surface area contributed by atoms with Crippen LogP contribution in [0.2, 0.25) is 0 Å². The van der Waals surface area contributed by atoms with Crippen LogP contribution in [0.25, 0.3) is 0 Å². The van der Waals surface area contributed by atoms with Crippen molar-refractivity contribution in [3.8, 4) is 0 Å². The normalized spacial score (nSPS) is 13.1. The lowest BCUT2D eigenvalue weighted by Crippen LogP contribution is -2.40. The van der Waals surface area contributed by atoms with Gasteiger partial charge >= 0.3 is 0 Å². The zero-order chi connectivity index (χ0) is 15.2. The maximum Gasteiger partial charge on any atom is 0.227 e. The first-order chi connectivity index (χ1) is 9.48. The number of hydrogen-bond acceptors (Lipinski definition) is 2. The van der Waals surface area contributed by atoms with Gasteiger partial charge in [-0.15, -0.1) is 0 Å². The molecule has 0 aromatic heterocycles. The number of amides is 1. The molecule has 0 spiro atoms. The van der Waals surface area contributed by atoms with Crippen LogP contribution < -0.4 is 5.32 Å². The van der Waals surface area contributed by atoms with Crippen LogP contribution in [0.15, 0.2) is 24.3 Å². The molecule has 0 fully saturated rings. The molecule has 0 radical (unpaired) electrons. The Bertz CT molecular complexity index is 436. The first kappa shape index (κ1) is 16.6. The van der Waals surface area contributed by atoms with Gasteiger partial charge in [0.2, 0.25) is 5.91 Å². The number of halogens is 1. The second-order valence-electron chi connectivity index (χ2n) is 5.36. The predicted octanol–water partition coefficient (Wildman–Crippen LogP) is 2.84. The van der Waals surface area contributed by atoms with Gasteiger partial charge in [0.05, 0.1) is 12.5 Å². The maximum atomic E-state index is 13.2. The average molecular weight is 281 g/mol. The summed E-state index contributed by atoms with van der Waals surface area (Å²) < 4.78 is 13.2. The quantitative estimate of drug-likeness (QED) is 0.807. The summed E-state index contributed by atoms with van der Waals surface area (Å²) in [5.41, 5.74) is 0.391. The molecule has 1 rings (SSSR count). The second kappa shape index (κ2) is 7.39. The van der Waals surface area contributed by atoms with Gasteiger partial charge in [0, 0.05) is 12.0 Å². The van der Waals surface area contributed by atoms with Crippen molar-refractivity contribution in [1.29, 1.82) is 0 Å². The third-order valence-electron chi connectivity index (χ3n) is 4.21. The summed E-state index contributed by atoms with van der Waals surface area (Å²) in [6.07, 6.45) is 1.60. The van der Waals surface area contributed by atoms with E-state index in [1.807, 2.05) is 13.8 Å². The highest BCUT2D eigenvalue weighted by atomic mass is 19.1. The Morgan fingerprint density at radius 3 is 2.55 bits per heavy atom. The van der Waals surface area contributed by atoms with Crippen molar-refractivity contribution in [1.82, 2.24) is 5.32 Å². The molecule has 0 aliphatic rings. The van der Waals surface area contributed by atoms with Crippen LogP contribution in [0, 0.1) is 11.2 Å². The lowest BCUT2D eigenvalue weighted by atomic mass is 9.83. The summed E-state index contributed by atoms with van der Waals surface area (Å²) in [5, 5.41) is 12.4. The van der Waals surface area contributed by atoms with Crippen molar-refractivity contribution in [3.63, 3.8) is 0 Å². The molecular weight excluding hydrogens is 257 g/mol. The monoisotopic (exact) mass is 281 g/mol. The second-order valence-corrected chi connectivity index (χ2v) is 5.36. The average Bonchev–Trinajstić information content (AvgIpc) is 2.48. The number of carbonyl (C=O) groups is 1. The molecule has 0 heterocycles. The van der Waals surface area contributed by atoms with E-state index in [9.17, 15) is 14.3 Å². The minimum absolute atomic E-state index is 0.0502. The third-order valence-corrected chi connectivity index (χ3v) is 4.21. The van der Waals surface area contributed by atoms with Crippen LogP contribution in [-0.2, 0) is 4.79 Å². The summed E-state index contributed by atoms with van der Waals surface area (Å²) >= 11 is 0. The summed E-state index contributed by atoms with van der Waals surface area (Å²) in [5.74, 6) is -0.889. The highest BCUT2D eigenvalue weighted by Gasteiger charge is 2.27. The number of nitrogens with one attached hydrogen (secondary N) is 1. The summed E-state index contributed by atoms with van der Waals surface area (Å²) in [6.45, 7) is 6.25. The van der Waals surface area contributed by atoms with E-state index in [2.05, 4.69) is 5.32 Å². The Balaban J connectivity index is 2.67. The SMILES string of the molecule is CCC(CC)(CO)CNC(=O)C(C)c1cccc(F)c1. The van der Waals surface area contributed by atoms with E-state index >= 15 is 0 Å². The van der Waals surface area contributed by atoms with E-state index in [0.29, 0.717) is 12.1 Å². The Kier molecular flexibility index (Phi) is 6.14. The molecule has 1 unspecified atom stereocenters. The number of benzene rings is 1. The summed E-state index contributed by atoms with van der Waals surface area (Å²) in [6, 6.07) is 6.08. The van der Waals surface area contributed by atoms with Crippen molar-refractivity contribution in [2.45, 2.75) is 39.5 Å². The van der Waals surface area contributed by atoms with Gasteiger partial charge in [-0.2, -0.15) is 0 Å². The maximum absolute atomic E-state index is 13.2. The summed E-state index contributed by atoms with van der Waals surface area (Å²) in [4.78, 5) is 12.1. The van der Waals surface area contributed by atoms with Crippen LogP contribution in [0.3, 0.4) is 0 Å². The minimum Gasteiger partial charge on any atom is -0.396 e. The standard InChI is InChI=1S/C16H24FNO2/c1-4-16(5-2,11-19)10-18-15(20)12(3)13-7-6-8-14(17)9-13/h6-9,12,19H,4-5,10-11H2,1-3H3,(H,18,20). The van der Waals surface area contributed by atoms with Crippen LogP contribution >= 0.6 is 0 Å². The van der Waals surface area contributed by atoms with Gasteiger partial charge < -0.3 is 10.4 Å². The molecule has 0 saturated carbocycles. The molecule has 1 aromatic carbocycles. The van der Waals surface area contributed by atoms with Gasteiger partial charge in [0.1, 0.15) is 5.82 Å². The number of hydrogen-bond donors (Lipinski definition) is 2. The fraction of sp³-hybridized carbons (Fsp3) is 0.562. The van der Waals surface area contributed by atoms with Crippen LogP contribution in [0.4, 0.5) is 4.39 Å².